The normalized spacial score (nSPS) is 10.1. The SMILES string of the molecule is Brc1ccc(N(c2ccccc2)c2ccccc2)cc1.C=Cc1ccc(-c2ccc(N(c3ccccc3)c3ccccc3)cc2)cc1.C=Cc1ccc(B(O)O)cc1. The van der Waals surface area contributed by atoms with E-state index in [0.29, 0.717) is 5.46 Å². The van der Waals surface area contributed by atoms with Crippen LogP contribution in [0.5, 0.6) is 0 Å². The van der Waals surface area contributed by atoms with E-state index in [1.54, 1.807) is 30.3 Å². The summed E-state index contributed by atoms with van der Waals surface area (Å²) < 4.78 is 1.09. The number of nitrogens with zero attached hydrogens (tertiary/aromatic N) is 2. The molecule has 8 rings (SSSR count). The Morgan fingerprint density at radius 3 is 0.948 bits per heavy atom. The summed E-state index contributed by atoms with van der Waals surface area (Å²) >= 11 is 3.49. The standard InChI is InChI=1S/C26H21N.C18H14BrN.C8H9BO2/c1-2-21-13-15-22(16-14-21)23-17-19-26(20-18-23)27(24-9-5-3-6-10-24)25-11-7-4-8-12-25;19-15-11-13-18(14-12-15)20(16-7-3-1-4-8-16)17-9-5-2-6-10-17;1-2-7-3-5-8(6-4-7)9(10)11/h2-20H,1H2;1-14H;2-6,10-11H,1H2. The van der Waals surface area contributed by atoms with E-state index in [0.717, 1.165) is 49.7 Å². The second-order valence-corrected chi connectivity index (χ2v) is 14.0. The smallest absolute Gasteiger partial charge is 0.423 e. The van der Waals surface area contributed by atoms with Crippen LogP contribution in [0.1, 0.15) is 11.1 Å². The van der Waals surface area contributed by atoms with Crippen molar-refractivity contribution in [3.05, 3.63) is 247 Å². The summed E-state index contributed by atoms with van der Waals surface area (Å²) in [6, 6.07) is 74.1. The first kappa shape index (κ1) is 41.0. The molecule has 284 valence electrons. The Hall–Kier alpha value is -6.70. The number of hydrogen-bond acceptors (Lipinski definition) is 4. The van der Waals surface area contributed by atoms with Gasteiger partial charge in [0.1, 0.15) is 0 Å². The van der Waals surface area contributed by atoms with Gasteiger partial charge in [0.25, 0.3) is 0 Å². The Bertz CT molecular complexity index is 2350. The van der Waals surface area contributed by atoms with Crippen molar-refractivity contribution >= 4 is 74.8 Å². The van der Waals surface area contributed by atoms with Gasteiger partial charge in [-0.05, 0) is 113 Å². The lowest BCUT2D eigenvalue weighted by Gasteiger charge is -2.25. The summed E-state index contributed by atoms with van der Waals surface area (Å²) in [5.41, 5.74) is 11.9. The highest BCUT2D eigenvalue weighted by Gasteiger charge is 2.13. The molecule has 0 atom stereocenters. The Balaban J connectivity index is 0.000000160. The van der Waals surface area contributed by atoms with Crippen LogP contribution in [0.3, 0.4) is 0 Å². The molecule has 0 spiro atoms. The average Bonchev–Trinajstić information content (AvgIpc) is 3.29. The van der Waals surface area contributed by atoms with Gasteiger partial charge in [-0.15, -0.1) is 0 Å². The van der Waals surface area contributed by atoms with Gasteiger partial charge in [-0.25, -0.2) is 0 Å². The minimum absolute atomic E-state index is 0.496. The molecule has 8 aromatic carbocycles. The molecule has 0 saturated heterocycles. The van der Waals surface area contributed by atoms with Crippen molar-refractivity contribution in [1.29, 1.82) is 0 Å². The van der Waals surface area contributed by atoms with Crippen LogP contribution in [0, 0.1) is 0 Å². The Labute approximate surface area is 351 Å². The van der Waals surface area contributed by atoms with Crippen LogP contribution in [0.25, 0.3) is 23.3 Å². The van der Waals surface area contributed by atoms with Gasteiger partial charge >= 0.3 is 7.12 Å². The van der Waals surface area contributed by atoms with Gasteiger partial charge in [-0.2, -0.15) is 0 Å². The van der Waals surface area contributed by atoms with Crippen LogP contribution in [0.4, 0.5) is 34.1 Å². The van der Waals surface area contributed by atoms with Crippen molar-refractivity contribution in [2.45, 2.75) is 0 Å². The molecule has 0 heterocycles. The minimum Gasteiger partial charge on any atom is -0.423 e. The Kier molecular flexibility index (Phi) is 14.8. The van der Waals surface area contributed by atoms with Crippen molar-refractivity contribution in [2.24, 2.45) is 0 Å². The summed E-state index contributed by atoms with van der Waals surface area (Å²) in [5, 5.41) is 17.4. The van der Waals surface area contributed by atoms with E-state index in [2.05, 4.69) is 209 Å². The largest absolute Gasteiger partial charge is 0.488 e. The number of rotatable bonds is 10. The number of benzene rings is 8. The fourth-order valence-corrected chi connectivity index (χ4v) is 6.48. The van der Waals surface area contributed by atoms with Crippen LogP contribution in [-0.2, 0) is 0 Å². The lowest BCUT2D eigenvalue weighted by atomic mass is 9.80. The summed E-state index contributed by atoms with van der Waals surface area (Å²) in [5.74, 6) is 0. The lowest BCUT2D eigenvalue weighted by Crippen LogP contribution is -2.29. The first-order valence-electron chi connectivity index (χ1n) is 18.9. The fourth-order valence-electron chi connectivity index (χ4n) is 6.21. The molecule has 0 aliphatic rings. The number of halogens is 1. The van der Waals surface area contributed by atoms with Gasteiger partial charge in [0.2, 0.25) is 0 Å². The third-order valence-electron chi connectivity index (χ3n) is 9.22. The second kappa shape index (κ2) is 21.0. The fraction of sp³-hybridized carbons (Fsp3) is 0. The molecule has 0 fully saturated rings. The monoisotopic (exact) mass is 818 g/mol. The van der Waals surface area contributed by atoms with Crippen LogP contribution in [0.15, 0.2) is 236 Å². The van der Waals surface area contributed by atoms with Crippen LogP contribution < -0.4 is 15.3 Å². The molecule has 2 N–H and O–H groups in total. The van der Waals surface area contributed by atoms with E-state index in [4.69, 9.17) is 10.0 Å². The summed E-state index contributed by atoms with van der Waals surface area (Å²) in [6.45, 7) is 7.40. The van der Waals surface area contributed by atoms with Crippen molar-refractivity contribution in [2.75, 3.05) is 9.80 Å². The zero-order chi connectivity index (χ0) is 40.5. The quantitative estimate of drug-likeness (QED) is 0.135. The van der Waals surface area contributed by atoms with E-state index in [1.807, 2.05) is 30.3 Å². The van der Waals surface area contributed by atoms with Crippen molar-refractivity contribution < 1.29 is 10.0 Å². The Morgan fingerprint density at radius 1 is 0.362 bits per heavy atom. The molecule has 0 unspecified atom stereocenters. The maximum absolute atomic E-state index is 8.72. The third-order valence-corrected chi connectivity index (χ3v) is 9.75. The van der Waals surface area contributed by atoms with Gasteiger partial charge in [-0.1, -0.05) is 175 Å². The molecule has 0 amide bonds. The van der Waals surface area contributed by atoms with Gasteiger partial charge in [-0.3, -0.25) is 0 Å². The Morgan fingerprint density at radius 2 is 0.638 bits per heavy atom. The molecule has 0 saturated carbocycles. The minimum atomic E-state index is -1.38. The lowest BCUT2D eigenvalue weighted by molar-refractivity contribution is 0.426. The molecule has 4 nitrogen and oxygen atoms in total. The molecule has 0 aromatic heterocycles. The molecule has 8 aromatic rings. The summed E-state index contributed by atoms with van der Waals surface area (Å²) in [4.78, 5) is 4.51. The van der Waals surface area contributed by atoms with Crippen molar-refractivity contribution in [3.8, 4) is 11.1 Å². The molecule has 0 aliphatic carbocycles. The highest BCUT2D eigenvalue weighted by atomic mass is 79.9. The molecule has 58 heavy (non-hydrogen) atoms. The zero-order valence-corrected chi connectivity index (χ0v) is 33.7. The van der Waals surface area contributed by atoms with Gasteiger partial charge in [0.05, 0.1) is 0 Å². The molecule has 6 heteroatoms. The van der Waals surface area contributed by atoms with E-state index < -0.39 is 7.12 Å². The molecular weight excluding hydrogens is 775 g/mol. The number of para-hydroxylation sites is 4. The summed E-state index contributed by atoms with van der Waals surface area (Å²) in [6.07, 6.45) is 3.57. The third kappa shape index (κ3) is 11.2. The predicted molar refractivity (Wildman–Crippen MR) is 252 cm³/mol. The first-order valence-corrected chi connectivity index (χ1v) is 19.7. The van der Waals surface area contributed by atoms with Crippen LogP contribution in [-0.4, -0.2) is 17.2 Å². The predicted octanol–water partition coefficient (Wildman–Crippen LogP) is 13.4. The van der Waals surface area contributed by atoms with Gasteiger partial charge in [0, 0.05) is 38.6 Å². The second-order valence-electron chi connectivity index (χ2n) is 13.1. The zero-order valence-electron chi connectivity index (χ0n) is 32.1. The van der Waals surface area contributed by atoms with Gasteiger partial charge in [0.15, 0.2) is 0 Å². The highest BCUT2D eigenvalue weighted by molar-refractivity contribution is 9.10. The molecule has 0 radical (unpaired) electrons. The molecule has 0 bridgehead atoms. The van der Waals surface area contributed by atoms with E-state index in [-0.39, 0.29) is 0 Å². The highest BCUT2D eigenvalue weighted by Crippen LogP contribution is 2.36. The van der Waals surface area contributed by atoms with Gasteiger partial charge < -0.3 is 19.8 Å². The van der Waals surface area contributed by atoms with Crippen LogP contribution in [0.2, 0.25) is 0 Å². The number of hydrogen-bond donors (Lipinski definition) is 2. The summed E-state index contributed by atoms with van der Waals surface area (Å²) in [7, 11) is -1.38. The van der Waals surface area contributed by atoms with E-state index >= 15 is 0 Å². The maximum atomic E-state index is 8.72. The number of anilines is 6. The topological polar surface area (TPSA) is 46.9 Å². The molecule has 0 aliphatic heterocycles. The van der Waals surface area contributed by atoms with Crippen molar-refractivity contribution in [1.82, 2.24) is 0 Å². The first-order chi connectivity index (χ1) is 28.4. The van der Waals surface area contributed by atoms with Crippen molar-refractivity contribution in [3.63, 3.8) is 0 Å². The van der Waals surface area contributed by atoms with E-state index in [1.165, 1.54) is 11.1 Å². The average molecular weight is 820 g/mol. The van der Waals surface area contributed by atoms with Crippen LogP contribution >= 0.6 is 15.9 Å². The maximum Gasteiger partial charge on any atom is 0.488 e. The van der Waals surface area contributed by atoms with E-state index in [9.17, 15) is 0 Å². The molecular formula is C52H44BBrN2O2.